The molecule has 0 spiro atoms. The number of para-hydroxylation sites is 1. The van der Waals surface area contributed by atoms with E-state index in [1.807, 2.05) is 37.3 Å². The van der Waals surface area contributed by atoms with Crippen LogP contribution in [0.2, 0.25) is 0 Å². The van der Waals surface area contributed by atoms with Gasteiger partial charge >= 0.3 is 0 Å². The van der Waals surface area contributed by atoms with Crippen molar-refractivity contribution in [3.8, 4) is 5.75 Å². The number of ether oxygens (including phenoxy) is 1. The van der Waals surface area contributed by atoms with Crippen molar-refractivity contribution >= 4 is 0 Å². The number of nitrogens with zero attached hydrogens (tertiary/aromatic N) is 2. The molecule has 1 unspecified atom stereocenters. The second-order valence-electron chi connectivity index (χ2n) is 7.00. The fourth-order valence-corrected chi connectivity index (χ4v) is 3.75. The van der Waals surface area contributed by atoms with Gasteiger partial charge < -0.3 is 9.84 Å². The van der Waals surface area contributed by atoms with Crippen LogP contribution >= 0.6 is 0 Å². The maximum Gasteiger partial charge on any atom is 0.127 e. The first kappa shape index (κ1) is 19.8. The minimum atomic E-state index is -0.149. The first-order valence-electron chi connectivity index (χ1n) is 9.72. The molecule has 4 nitrogen and oxygen atoms in total. The van der Waals surface area contributed by atoms with Crippen molar-refractivity contribution < 1.29 is 14.2 Å². The van der Waals surface area contributed by atoms with Crippen molar-refractivity contribution in [3.05, 3.63) is 65.5 Å². The summed E-state index contributed by atoms with van der Waals surface area (Å²) in [7, 11) is 0. The topological polar surface area (TPSA) is 35.9 Å². The Hall–Kier alpha value is -1.95. The van der Waals surface area contributed by atoms with Crippen LogP contribution in [0.3, 0.4) is 0 Å². The number of aliphatic hydroxyl groups excluding tert-OH is 1. The molecule has 0 aliphatic carbocycles. The molecular formula is C22H29FN2O2. The van der Waals surface area contributed by atoms with E-state index >= 15 is 0 Å². The smallest absolute Gasteiger partial charge is 0.127 e. The Morgan fingerprint density at radius 3 is 2.52 bits per heavy atom. The van der Waals surface area contributed by atoms with E-state index in [1.54, 1.807) is 6.07 Å². The summed E-state index contributed by atoms with van der Waals surface area (Å²) >= 11 is 0. The Labute approximate surface area is 161 Å². The molecule has 1 N–H and O–H groups in total. The number of hydrogen-bond acceptors (Lipinski definition) is 4. The number of benzene rings is 2. The van der Waals surface area contributed by atoms with Gasteiger partial charge in [-0.15, -0.1) is 0 Å². The second kappa shape index (κ2) is 9.83. The van der Waals surface area contributed by atoms with Gasteiger partial charge in [0.2, 0.25) is 0 Å². The Balaban J connectivity index is 1.67. The highest BCUT2D eigenvalue weighted by Gasteiger charge is 2.27. The van der Waals surface area contributed by atoms with E-state index in [4.69, 9.17) is 4.74 Å². The van der Waals surface area contributed by atoms with Crippen LogP contribution in [0.4, 0.5) is 4.39 Å². The van der Waals surface area contributed by atoms with Crippen molar-refractivity contribution in [1.82, 2.24) is 9.80 Å². The third kappa shape index (κ3) is 5.28. The van der Waals surface area contributed by atoms with Crippen molar-refractivity contribution in [2.75, 3.05) is 32.8 Å². The van der Waals surface area contributed by atoms with Gasteiger partial charge in [-0.05, 0) is 25.5 Å². The molecule has 3 rings (SSSR count). The zero-order chi connectivity index (χ0) is 19.1. The van der Waals surface area contributed by atoms with E-state index in [0.717, 1.165) is 37.5 Å². The van der Waals surface area contributed by atoms with Crippen molar-refractivity contribution in [2.24, 2.45) is 0 Å². The molecule has 0 aromatic heterocycles. The molecule has 146 valence electrons. The Morgan fingerprint density at radius 2 is 1.78 bits per heavy atom. The Bertz CT molecular complexity index is 725. The third-order valence-electron chi connectivity index (χ3n) is 5.15. The molecule has 2 aromatic carbocycles. The zero-order valence-electron chi connectivity index (χ0n) is 16.0. The number of halogens is 1. The number of aliphatic hydroxyl groups is 1. The first-order chi connectivity index (χ1) is 13.2. The predicted molar refractivity (Wildman–Crippen MR) is 105 cm³/mol. The molecule has 27 heavy (non-hydrogen) atoms. The Morgan fingerprint density at radius 1 is 1.04 bits per heavy atom. The van der Waals surface area contributed by atoms with Crippen LogP contribution in [0, 0.1) is 5.82 Å². The predicted octanol–water partition coefficient (Wildman–Crippen LogP) is 3.29. The summed E-state index contributed by atoms with van der Waals surface area (Å²) < 4.78 is 19.7. The van der Waals surface area contributed by atoms with Crippen LogP contribution in [0.5, 0.6) is 5.75 Å². The highest BCUT2D eigenvalue weighted by Crippen LogP contribution is 2.24. The molecule has 0 saturated carbocycles. The van der Waals surface area contributed by atoms with E-state index in [1.165, 1.54) is 11.6 Å². The molecule has 1 aliphatic heterocycles. The van der Waals surface area contributed by atoms with E-state index in [-0.39, 0.29) is 18.5 Å². The lowest BCUT2D eigenvalue weighted by atomic mass is 10.1. The van der Waals surface area contributed by atoms with Gasteiger partial charge in [-0.1, -0.05) is 36.4 Å². The minimum Gasteiger partial charge on any atom is -0.494 e. The molecule has 0 radical (unpaired) electrons. The van der Waals surface area contributed by atoms with E-state index in [9.17, 15) is 9.50 Å². The third-order valence-corrected chi connectivity index (χ3v) is 5.15. The average molecular weight is 372 g/mol. The number of hydrogen-bond donors (Lipinski definition) is 1. The molecule has 2 aromatic rings. The summed E-state index contributed by atoms with van der Waals surface area (Å²) in [5.41, 5.74) is 1.90. The van der Waals surface area contributed by atoms with Crippen molar-refractivity contribution in [1.29, 1.82) is 0 Å². The van der Waals surface area contributed by atoms with E-state index in [0.29, 0.717) is 19.6 Å². The monoisotopic (exact) mass is 372 g/mol. The van der Waals surface area contributed by atoms with Gasteiger partial charge in [0.05, 0.1) is 6.61 Å². The van der Waals surface area contributed by atoms with E-state index in [2.05, 4.69) is 15.9 Å². The molecule has 1 heterocycles. The fraction of sp³-hybridized carbons (Fsp3) is 0.455. The van der Waals surface area contributed by atoms with Gasteiger partial charge in [0.1, 0.15) is 11.6 Å². The molecule has 1 saturated heterocycles. The highest BCUT2D eigenvalue weighted by molar-refractivity contribution is 5.33. The largest absolute Gasteiger partial charge is 0.494 e. The zero-order valence-corrected chi connectivity index (χ0v) is 16.0. The number of rotatable bonds is 8. The van der Waals surface area contributed by atoms with Crippen LogP contribution in [-0.2, 0) is 13.1 Å². The summed E-state index contributed by atoms with van der Waals surface area (Å²) in [6, 6.07) is 15.3. The molecule has 0 bridgehead atoms. The summed E-state index contributed by atoms with van der Waals surface area (Å²) in [4.78, 5) is 4.69. The van der Waals surface area contributed by atoms with Gasteiger partial charge in [0.25, 0.3) is 0 Å². The molecule has 1 fully saturated rings. The molecule has 1 aliphatic rings. The Kier molecular flexibility index (Phi) is 7.21. The van der Waals surface area contributed by atoms with Crippen LogP contribution in [0.25, 0.3) is 0 Å². The lowest BCUT2D eigenvalue weighted by Gasteiger charge is -2.41. The van der Waals surface area contributed by atoms with Gasteiger partial charge in [-0.25, -0.2) is 4.39 Å². The lowest BCUT2D eigenvalue weighted by Crippen LogP contribution is -2.52. The van der Waals surface area contributed by atoms with Crippen molar-refractivity contribution in [3.63, 3.8) is 0 Å². The lowest BCUT2D eigenvalue weighted by molar-refractivity contribution is 0.0489. The second-order valence-corrected chi connectivity index (χ2v) is 7.00. The maximum atomic E-state index is 14.0. The average Bonchev–Trinajstić information content (AvgIpc) is 2.67. The highest BCUT2D eigenvalue weighted by atomic mass is 19.1. The quantitative estimate of drug-likeness (QED) is 0.771. The standard InChI is InChI=1S/C22H29FN2O2/c1-2-27-22-10-6-4-8-19(22)16-25-13-12-24(17-20(25)11-14-26)15-18-7-3-5-9-21(18)23/h3-10,20,26H,2,11-17H2,1H3. The maximum absolute atomic E-state index is 14.0. The van der Waals surface area contributed by atoms with Gasteiger partial charge in [0.15, 0.2) is 0 Å². The summed E-state index contributed by atoms with van der Waals surface area (Å²) in [5.74, 6) is 0.779. The van der Waals surface area contributed by atoms with Crippen LogP contribution in [0.1, 0.15) is 24.5 Å². The summed E-state index contributed by atoms with van der Waals surface area (Å²) in [6.07, 6.45) is 0.713. The van der Waals surface area contributed by atoms with Crippen molar-refractivity contribution in [2.45, 2.75) is 32.5 Å². The fourth-order valence-electron chi connectivity index (χ4n) is 3.75. The van der Waals surface area contributed by atoms with E-state index < -0.39 is 0 Å². The number of piperazine rings is 1. The molecular weight excluding hydrogens is 343 g/mol. The SMILES string of the molecule is CCOc1ccccc1CN1CCN(Cc2ccccc2F)CC1CCO. The first-order valence-corrected chi connectivity index (χ1v) is 9.72. The van der Waals surface area contributed by atoms with Gasteiger partial charge in [-0.3, -0.25) is 9.80 Å². The molecule has 1 atom stereocenters. The van der Waals surface area contributed by atoms with Crippen LogP contribution in [0.15, 0.2) is 48.5 Å². The van der Waals surface area contributed by atoms with Crippen LogP contribution in [-0.4, -0.2) is 53.8 Å². The normalized spacial score (nSPS) is 18.6. The molecule has 0 amide bonds. The van der Waals surface area contributed by atoms with Crippen LogP contribution < -0.4 is 4.74 Å². The summed E-state index contributed by atoms with van der Waals surface area (Å²) in [5, 5.41) is 9.53. The minimum absolute atomic E-state index is 0.149. The van der Waals surface area contributed by atoms with Gasteiger partial charge in [-0.2, -0.15) is 0 Å². The molecule has 5 heteroatoms. The van der Waals surface area contributed by atoms with Gasteiger partial charge in [0, 0.05) is 56.5 Å². The summed E-state index contributed by atoms with van der Waals surface area (Å²) in [6.45, 7) is 6.80.